The van der Waals surface area contributed by atoms with Crippen molar-refractivity contribution in [1.82, 2.24) is 5.32 Å². The molecular formula is C17H25NO2. The lowest BCUT2D eigenvalue weighted by Gasteiger charge is -2.30. The van der Waals surface area contributed by atoms with Gasteiger partial charge in [0.25, 0.3) is 0 Å². The first-order valence-electron chi connectivity index (χ1n) is 7.61. The standard InChI is InChI=1S/C17H25NO2/c1-17(13-19,15-10-6-3-7-11-15)18-16(20)12-14-8-4-2-5-9-14/h3,6-7,10-11,14,19H,2,4-5,8-9,12-13H2,1H3,(H,18,20). The molecule has 0 radical (unpaired) electrons. The van der Waals surface area contributed by atoms with Crippen molar-refractivity contribution in [2.75, 3.05) is 6.61 Å². The van der Waals surface area contributed by atoms with E-state index in [0.29, 0.717) is 12.3 Å². The molecule has 1 aromatic rings. The number of benzene rings is 1. The summed E-state index contributed by atoms with van der Waals surface area (Å²) in [6.45, 7) is 1.79. The number of aliphatic hydroxyl groups excluding tert-OH is 1. The third-order valence-electron chi connectivity index (χ3n) is 4.34. The predicted molar refractivity (Wildman–Crippen MR) is 80.2 cm³/mol. The fraction of sp³-hybridized carbons (Fsp3) is 0.588. The minimum Gasteiger partial charge on any atom is -0.394 e. The number of rotatable bonds is 5. The van der Waals surface area contributed by atoms with Crippen molar-refractivity contribution < 1.29 is 9.90 Å². The van der Waals surface area contributed by atoms with Crippen LogP contribution in [0, 0.1) is 5.92 Å². The van der Waals surface area contributed by atoms with Gasteiger partial charge in [0.05, 0.1) is 12.1 Å². The quantitative estimate of drug-likeness (QED) is 0.868. The Morgan fingerprint density at radius 3 is 2.50 bits per heavy atom. The van der Waals surface area contributed by atoms with E-state index < -0.39 is 5.54 Å². The van der Waals surface area contributed by atoms with Crippen molar-refractivity contribution in [3.63, 3.8) is 0 Å². The van der Waals surface area contributed by atoms with Gasteiger partial charge in [0.2, 0.25) is 5.91 Å². The Morgan fingerprint density at radius 1 is 1.25 bits per heavy atom. The average Bonchev–Trinajstić information content (AvgIpc) is 2.49. The monoisotopic (exact) mass is 275 g/mol. The summed E-state index contributed by atoms with van der Waals surface area (Å²) in [5, 5.41) is 12.7. The van der Waals surface area contributed by atoms with Gasteiger partial charge in [-0.15, -0.1) is 0 Å². The number of carbonyl (C=O) groups is 1. The summed E-state index contributed by atoms with van der Waals surface area (Å²) in [5.41, 5.74) is 0.256. The van der Waals surface area contributed by atoms with Gasteiger partial charge in [-0.3, -0.25) is 4.79 Å². The van der Waals surface area contributed by atoms with E-state index in [9.17, 15) is 9.90 Å². The highest BCUT2D eigenvalue weighted by Crippen LogP contribution is 2.27. The maximum Gasteiger partial charge on any atom is 0.221 e. The zero-order valence-corrected chi connectivity index (χ0v) is 12.3. The first-order valence-corrected chi connectivity index (χ1v) is 7.61. The molecule has 20 heavy (non-hydrogen) atoms. The van der Waals surface area contributed by atoms with E-state index in [4.69, 9.17) is 0 Å². The van der Waals surface area contributed by atoms with Crippen LogP contribution in [-0.4, -0.2) is 17.6 Å². The molecule has 0 saturated heterocycles. The third-order valence-corrected chi connectivity index (χ3v) is 4.34. The SMILES string of the molecule is CC(CO)(NC(=O)CC1CCCCC1)c1ccccc1. The topological polar surface area (TPSA) is 49.3 Å². The number of amides is 1. The normalized spacial score (nSPS) is 19.3. The number of carbonyl (C=O) groups excluding carboxylic acids is 1. The Kier molecular flexibility index (Phi) is 5.18. The Hall–Kier alpha value is -1.35. The van der Waals surface area contributed by atoms with Crippen LogP contribution in [0.25, 0.3) is 0 Å². The van der Waals surface area contributed by atoms with Crippen LogP contribution in [0.3, 0.4) is 0 Å². The number of aliphatic hydroxyl groups is 1. The molecule has 1 aliphatic carbocycles. The van der Waals surface area contributed by atoms with E-state index in [1.54, 1.807) is 0 Å². The van der Waals surface area contributed by atoms with Crippen LogP contribution in [0.15, 0.2) is 30.3 Å². The maximum absolute atomic E-state index is 12.2. The molecule has 1 fully saturated rings. The minimum absolute atomic E-state index is 0.0531. The second kappa shape index (κ2) is 6.89. The first kappa shape index (κ1) is 15.0. The zero-order valence-electron chi connectivity index (χ0n) is 12.3. The summed E-state index contributed by atoms with van der Waals surface area (Å²) in [4.78, 5) is 12.2. The highest BCUT2D eigenvalue weighted by atomic mass is 16.3. The molecule has 2 N–H and O–H groups in total. The van der Waals surface area contributed by atoms with Crippen molar-refractivity contribution >= 4 is 5.91 Å². The van der Waals surface area contributed by atoms with E-state index >= 15 is 0 Å². The van der Waals surface area contributed by atoms with Gasteiger partial charge in [-0.1, -0.05) is 49.6 Å². The number of hydrogen-bond donors (Lipinski definition) is 2. The first-order chi connectivity index (χ1) is 9.64. The van der Waals surface area contributed by atoms with Crippen molar-refractivity contribution in [2.45, 2.75) is 51.0 Å². The highest BCUT2D eigenvalue weighted by Gasteiger charge is 2.28. The molecule has 0 aliphatic heterocycles. The van der Waals surface area contributed by atoms with Crippen molar-refractivity contribution in [1.29, 1.82) is 0 Å². The molecule has 0 bridgehead atoms. The van der Waals surface area contributed by atoms with Gasteiger partial charge in [-0.2, -0.15) is 0 Å². The lowest BCUT2D eigenvalue weighted by molar-refractivity contribution is -0.124. The van der Waals surface area contributed by atoms with Gasteiger partial charge < -0.3 is 10.4 Å². The van der Waals surface area contributed by atoms with Gasteiger partial charge in [0.15, 0.2) is 0 Å². The molecule has 0 spiro atoms. The molecule has 1 aliphatic rings. The molecule has 0 heterocycles. The molecule has 1 unspecified atom stereocenters. The summed E-state index contributed by atoms with van der Waals surface area (Å²) < 4.78 is 0. The number of nitrogens with one attached hydrogen (secondary N) is 1. The Bertz CT molecular complexity index is 426. The smallest absolute Gasteiger partial charge is 0.221 e. The fourth-order valence-corrected chi connectivity index (χ4v) is 3.02. The average molecular weight is 275 g/mol. The van der Waals surface area contributed by atoms with E-state index in [1.165, 1.54) is 19.3 Å². The summed E-state index contributed by atoms with van der Waals surface area (Å²) in [5.74, 6) is 0.569. The Labute approximate surface area is 121 Å². The summed E-state index contributed by atoms with van der Waals surface area (Å²) in [7, 11) is 0. The Morgan fingerprint density at radius 2 is 1.90 bits per heavy atom. The molecule has 2 rings (SSSR count). The van der Waals surface area contributed by atoms with Crippen LogP contribution in [0.2, 0.25) is 0 Å². The molecule has 1 saturated carbocycles. The van der Waals surface area contributed by atoms with Gasteiger partial charge >= 0.3 is 0 Å². The van der Waals surface area contributed by atoms with Gasteiger partial charge in [0, 0.05) is 6.42 Å². The third kappa shape index (κ3) is 3.83. The minimum atomic E-state index is -0.687. The van der Waals surface area contributed by atoms with Crippen molar-refractivity contribution in [3.8, 4) is 0 Å². The van der Waals surface area contributed by atoms with E-state index in [-0.39, 0.29) is 12.5 Å². The molecule has 1 amide bonds. The van der Waals surface area contributed by atoms with Gasteiger partial charge in [-0.25, -0.2) is 0 Å². The molecule has 3 nitrogen and oxygen atoms in total. The van der Waals surface area contributed by atoms with Crippen LogP contribution < -0.4 is 5.32 Å². The van der Waals surface area contributed by atoms with Crippen molar-refractivity contribution in [3.05, 3.63) is 35.9 Å². The fourth-order valence-electron chi connectivity index (χ4n) is 3.02. The summed E-state index contributed by atoms with van der Waals surface area (Å²) in [6, 6.07) is 9.67. The van der Waals surface area contributed by atoms with Gasteiger partial charge in [-0.05, 0) is 31.2 Å². The molecule has 3 heteroatoms. The van der Waals surface area contributed by atoms with Crippen LogP contribution in [-0.2, 0) is 10.3 Å². The second-order valence-corrected chi connectivity index (χ2v) is 6.11. The van der Waals surface area contributed by atoms with E-state index in [1.807, 2.05) is 37.3 Å². The summed E-state index contributed by atoms with van der Waals surface area (Å²) in [6.07, 6.45) is 6.70. The van der Waals surface area contributed by atoms with Gasteiger partial charge in [0.1, 0.15) is 0 Å². The predicted octanol–water partition coefficient (Wildman–Crippen LogP) is 2.98. The van der Waals surface area contributed by atoms with Crippen LogP contribution in [0.5, 0.6) is 0 Å². The molecular weight excluding hydrogens is 250 g/mol. The molecule has 0 aromatic heterocycles. The zero-order chi connectivity index (χ0) is 14.4. The van der Waals surface area contributed by atoms with Crippen LogP contribution >= 0.6 is 0 Å². The Balaban J connectivity index is 1.96. The maximum atomic E-state index is 12.2. The van der Waals surface area contributed by atoms with Crippen LogP contribution in [0.4, 0.5) is 0 Å². The summed E-state index contributed by atoms with van der Waals surface area (Å²) >= 11 is 0. The number of hydrogen-bond acceptors (Lipinski definition) is 2. The van der Waals surface area contributed by atoms with Crippen molar-refractivity contribution in [2.24, 2.45) is 5.92 Å². The van der Waals surface area contributed by atoms with E-state index in [2.05, 4.69) is 5.32 Å². The lowest BCUT2D eigenvalue weighted by Crippen LogP contribution is -2.46. The largest absolute Gasteiger partial charge is 0.394 e. The van der Waals surface area contributed by atoms with E-state index in [0.717, 1.165) is 18.4 Å². The van der Waals surface area contributed by atoms with Crippen LogP contribution in [0.1, 0.15) is 51.0 Å². The highest BCUT2D eigenvalue weighted by molar-refractivity contribution is 5.77. The molecule has 110 valence electrons. The second-order valence-electron chi connectivity index (χ2n) is 6.11. The molecule has 1 atom stereocenters. The molecule has 1 aromatic carbocycles. The lowest BCUT2D eigenvalue weighted by atomic mass is 9.86.